The Morgan fingerprint density at radius 1 is 0.641 bits per heavy atom. The fourth-order valence-electron chi connectivity index (χ4n) is 3.58. The summed E-state index contributed by atoms with van der Waals surface area (Å²) in [5.74, 6) is -12.2. The van der Waals surface area contributed by atoms with Gasteiger partial charge < -0.3 is 17.7 Å². The second-order valence-electron chi connectivity index (χ2n) is 8.08. The lowest BCUT2D eigenvalue weighted by Gasteiger charge is -2.17. The molecule has 4 aromatic carbocycles. The van der Waals surface area contributed by atoms with Crippen molar-refractivity contribution >= 4 is 22.4 Å². The van der Waals surface area contributed by atoms with E-state index in [0.717, 1.165) is 21.1 Å². The van der Waals surface area contributed by atoms with Gasteiger partial charge >= 0.3 is 6.98 Å². The van der Waals surface area contributed by atoms with Crippen molar-refractivity contribution in [3.8, 4) is 5.75 Å². The van der Waals surface area contributed by atoms with Crippen LogP contribution in [0.5, 0.6) is 5.75 Å². The lowest BCUT2D eigenvalue weighted by Crippen LogP contribution is -2.41. The highest BCUT2D eigenvalue weighted by atomic mass is 32.2. The zero-order valence-electron chi connectivity index (χ0n) is 20.3. The van der Waals surface area contributed by atoms with Gasteiger partial charge in [0, 0.05) is 5.56 Å². The van der Waals surface area contributed by atoms with Gasteiger partial charge in [0.1, 0.15) is 23.1 Å². The van der Waals surface area contributed by atoms with E-state index in [0.29, 0.717) is 12.4 Å². The largest absolute Gasteiger partial charge is 0.515 e. The molecule has 0 amide bonds. The normalized spacial score (nSPS) is 11.5. The Hall–Kier alpha value is -3.67. The van der Waals surface area contributed by atoms with Gasteiger partial charge in [0.15, 0.2) is 37.2 Å². The molecular formula is C27H21BF8O2S. The SMILES string of the molecule is CCOc1ccc(C[S+](=O)(c2ccccc2)c2ccccc2)cc1.Fc1c(F)c(F)c([B-](F)(F)F)c(F)c1F. The molecule has 2 nitrogen and oxygen atoms in total. The quantitative estimate of drug-likeness (QED) is 0.0749. The number of halogens is 8. The van der Waals surface area contributed by atoms with Gasteiger partial charge in [-0.25, -0.2) is 22.0 Å². The van der Waals surface area contributed by atoms with Crippen LogP contribution in [0.3, 0.4) is 0 Å². The second-order valence-corrected chi connectivity index (χ2v) is 10.7. The van der Waals surface area contributed by atoms with Crippen LogP contribution in [0.25, 0.3) is 0 Å². The molecule has 0 aromatic heterocycles. The van der Waals surface area contributed by atoms with E-state index in [1.165, 1.54) is 0 Å². The Labute approximate surface area is 220 Å². The van der Waals surface area contributed by atoms with Crippen molar-refractivity contribution in [1.82, 2.24) is 0 Å². The monoisotopic (exact) mass is 572 g/mol. The van der Waals surface area contributed by atoms with Gasteiger partial charge in [-0.3, -0.25) is 0 Å². The maximum absolute atomic E-state index is 13.9. The summed E-state index contributed by atoms with van der Waals surface area (Å²) in [5, 5.41) is 0. The number of ether oxygens (including phenoxy) is 1. The first kappa shape index (κ1) is 29.9. The summed E-state index contributed by atoms with van der Waals surface area (Å²) < 4.78 is 117. The molecule has 0 unspecified atom stereocenters. The van der Waals surface area contributed by atoms with Crippen molar-refractivity contribution in [2.45, 2.75) is 22.5 Å². The van der Waals surface area contributed by atoms with E-state index in [4.69, 9.17) is 4.74 Å². The van der Waals surface area contributed by atoms with Crippen molar-refractivity contribution in [3.63, 3.8) is 0 Å². The molecule has 0 aliphatic carbocycles. The van der Waals surface area contributed by atoms with Crippen LogP contribution < -0.4 is 10.2 Å². The molecule has 0 fully saturated rings. The van der Waals surface area contributed by atoms with Crippen LogP contribution in [-0.2, 0) is 19.9 Å². The summed E-state index contributed by atoms with van der Waals surface area (Å²) in [6, 6.07) is 27.3. The third kappa shape index (κ3) is 6.86. The molecular weight excluding hydrogens is 551 g/mol. The molecule has 0 heterocycles. The maximum atomic E-state index is 13.9. The second kappa shape index (κ2) is 12.5. The zero-order valence-corrected chi connectivity index (χ0v) is 21.1. The predicted molar refractivity (Wildman–Crippen MR) is 134 cm³/mol. The van der Waals surface area contributed by atoms with Crippen molar-refractivity contribution < 1.29 is 43.8 Å². The average Bonchev–Trinajstić information content (AvgIpc) is 2.93. The molecule has 4 aromatic rings. The topological polar surface area (TPSA) is 26.3 Å². The molecule has 0 saturated carbocycles. The van der Waals surface area contributed by atoms with Gasteiger partial charge in [-0.2, -0.15) is 0 Å². The number of hydrogen-bond donors (Lipinski definition) is 0. The molecule has 12 heteroatoms. The summed E-state index contributed by atoms with van der Waals surface area (Å²) in [6.45, 7) is -3.70. The molecule has 0 aliphatic heterocycles. The van der Waals surface area contributed by atoms with Crippen molar-refractivity contribution in [1.29, 1.82) is 0 Å². The number of benzene rings is 4. The molecule has 0 aliphatic rings. The van der Waals surface area contributed by atoms with E-state index in [1.807, 2.05) is 91.9 Å². The highest BCUT2D eigenvalue weighted by molar-refractivity contribution is 8.02. The molecule has 0 atom stereocenters. The summed E-state index contributed by atoms with van der Waals surface area (Å²) in [7, 11) is -2.37. The highest BCUT2D eigenvalue weighted by Gasteiger charge is 2.38. The van der Waals surface area contributed by atoms with E-state index in [2.05, 4.69) is 0 Å². The predicted octanol–water partition coefficient (Wildman–Crippen LogP) is 7.64. The summed E-state index contributed by atoms with van der Waals surface area (Å²) in [4.78, 5) is 1.73. The Bertz CT molecular complexity index is 1370. The molecule has 0 radical (unpaired) electrons. The molecule has 4 rings (SSSR count). The Morgan fingerprint density at radius 3 is 1.44 bits per heavy atom. The van der Waals surface area contributed by atoms with E-state index < -0.39 is 51.5 Å². The van der Waals surface area contributed by atoms with Gasteiger partial charge in [-0.15, -0.1) is 0 Å². The van der Waals surface area contributed by atoms with Gasteiger partial charge in [0.05, 0.1) is 6.61 Å². The van der Waals surface area contributed by atoms with Gasteiger partial charge in [0.2, 0.25) is 0 Å². The lowest BCUT2D eigenvalue weighted by molar-refractivity contribution is 0.340. The average molecular weight is 572 g/mol. The third-order valence-corrected chi connectivity index (χ3v) is 8.23. The van der Waals surface area contributed by atoms with E-state index in [1.54, 1.807) is 0 Å². The Kier molecular flexibility index (Phi) is 9.55. The minimum atomic E-state index is -6.30. The summed E-state index contributed by atoms with van der Waals surface area (Å²) in [6.07, 6.45) is 0. The van der Waals surface area contributed by atoms with Gasteiger partial charge in [-0.1, -0.05) is 52.7 Å². The Morgan fingerprint density at radius 2 is 1.05 bits per heavy atom. The lowest BCUT2D eigenvalue weighted by atomic mass is 9.79. The highest BCUT2D eigenvalue weighted by Crippen LogP contribution is 2.33. The van der Waals surface area contributed by atoms with Crippen LogP contribution in [-0.4, -0.2) is 13.6 Å². The first-order valence-electron chi connectivity index (χ1n) is 11.4. The van der Waals surface area contributed by atoms with Crippen LogP contribution in [0.15, 0.2) is 94.7 Å². The van der Waals surface area contributed by atoms with Crippen molar-refractivity contribution in [2.75, 3.05) is 6.61 Å². The maximum Gasteiger partial charge on any atom is 0.515 e. The summed E-state index contributed by atoms with van der Waals surface area (Å²) in [5.41, 5.74) is -1.69. The van der Waals surface area contributed by atoms with Crippen molar-refractivity contribution in [3.05, 3.63) is 120 Å². The molecule has 0 N–H and O–H groups in total. The first-order chi connectivity index (χ1) is 18.4. The minimum absolute atomic E-state index is 0.480. The molecule has 0 saturated heterocycles. The number of rotatable bonds is 7. The smallest absolute Gasteiger partial charge is 0.494 e. The van der Waals surface area contributed by atoms with Gasteiger partial charge in [-0.05, 0) is 48.8 Å². The molecule has 206 valence electrons. The van der Waals surface area contributed by atoms with E-state index in [-0.39, 0.29) is 0 Å². The van der Waals surface area contributed by atoms with E-state index in [9.17, 15) is 39.1 Å². The zero-order chi connectivity index (χ0) is 28.8. The van der Waals surface area contributed by atoms with Gasteiger partial charge in [0.25, 0.3) is 0 Å². The fourth-order valence-corrected chi connectivity index (χ4v) is 6.04. The molecule has 0 spiro atoms. The van der Waals surface area contributed by atoms with Crippen LogP contribution in [0.4, 0.5) is 34.9 Å². The fraction of sp³-hybridized carbons (Fsp3) is 0.111. The molecule has 39 heavy (non-hydrogen) atoms. The van der Waals surface area contributed by atoms with Crippen LogP contribution in [0, 0.1) is 29.1 Å². The minimum Gasteiger partial charge on any atom is -0.494 e. The molecule has 0 bridgehead atoms. The standard InChI is InChI=1S/C21H21O2S.C6BF8/c1-2-23-19-15-13-18(14-16-19)17-24(22,20-9-5-3-6-10-20)21-11-7-4-8-12-21;8-2-1(7(13,14)15)3(9)5(11)6(12)4(2)10/h3-16H,2,17H2,1H3;/q+1;-1. The van der Waals surface area contributed by atoms with E-state index >= 15 is 0 Å². The van der Waals surface area contributed by atoms with Crippen molar-refractivity contribution in [2.24, 2.45) is 0 Å². The van der Waals surface area contributed by atoms with Crippen LogP contribution >= 0.6 is 0 Å². The number of hydrogen-bond acceptors (Lipinski definition) is 2. The third-order valence-electron chi connectivity index (χ3n) is 5.42. The first-order valence-corrected chi connectivity index (χ1v) is 13.2. The Balaban J connectivity index is 0.000000242. The van der Waals surface area contributed by atoms with Crippen LogP contribution in [0.2, 0.25) is 0 Å². The summed E-state index contributed by atoms with van der Waals surface area (Å²) >= 11 is 0. The van der Waals surface area contributed by atoms with Crippen LogP contribution in [0.1, 0.15) is 12.5 Å².